The molecular weight excluding hydrogens is 745 g/mol. The standard InChI is InChI=1S/C42H50N8O6S/c1-23(2)35(47-41(53)55-5)39(51)49-19-7-9-31(49)37-43-22-30(46-37)25-11-13-26(14-12-25)33-17-18-34(57-33)27-15-16-28-29(21-27)45-38(44-28)32-10-8-20-50(32)40(52)36(24(3)4)48-42(54)56-6/h11-18,21-24,31-32,35-36H,7-10,19-20H2,1-6H3,(H,43,46)(H,44,45)(H,47,53)(H,48,54)/t31-,32-,35-,36-/m0/s1. The average Bonchev–Trinajstić information content (AvgIpc) is 4.06. The van der Waals surface area contributed by atoms with Crippen molar-refractivity contribution in [2.45, 2.75) is 77.5 Å². The van der Waals surface area contributed by atoms with E-state index in [1.807, 2.05) is 49.8 Å². The second kappa shape index (κ2) is 16.8. The van der Waals surface area contributed by atoms with Gasteiger partial charge in [-0.3, -0.25) is 9.59 Å². The lowest BCUT2D eigenvalue weighted by atomic mass is 10.0. The Hall–Kier alpha value is -5.70. The number of fused-ring (bicyclic) bond motifs is 1. The van der Waals surface area contributed by atoms with Crippen molar-refractivity contribution in [1.82, 2.24) is 40.4 Å². The van der Waals surface area contributed by atoms with E-state index in [2.05, 4.69) is 74.1 Å². The number of nitrogens with zero attached hydrogens (tertiary/aromatic N) is 4. The molecule has 4 amide bonds. The highest BCUT2D eigenvalue weighted by atomic mass is 32.1. The number of benzene rings is 2. The zero-order chi connectivity index (χ0) is 40.4. The molecule has 0 aliphatic carbocycles. The van der Waals surface area contributed by atoms with E-state index in [1.54, 1.807) is 11.3 Å². The van der Waals surface area contributed by atoms with Crippen molar-refractivity contribution >= 4 is 46.4 Å². The molecule has 0 radical (unpaired) electrons. The zero-order valence-corrected chi connectivity index (χ0v) is 33.9. The molecule has 4 N–H and O–H groups in total. The number of carbonyl (C=O) groups is 4. The van der Waals surface area contributed by atoms with E-state index in [0.29, 0.717) is 13.1 Å². The number of thiophene rings is 1. The van der Waals surface area contributed by atoms with E-state index < -0.39 is 24.3 Å². The van der Waals surface area contributed by atoms with Crippen molar-refractivity contribution in [2.75, 3.05) is 27.3 Å². The summed E-state index contributed by atoms with van der Waals surface area (Å²) in [5, 5.41) is 5.41. The van der Waals surface area contributed by atoms with Gasteiger partial charge in [0, 0.05) is 22.8 Å². The molecule has 57 heavy (non-hydrogen) atoms. The number of amides is 4. The van der Waals surface area contributed by atoms with Gasteiger partial charge in [-0.25, -0.2) is 19.6 Å². The first-order valence-electron chi connectivity index (χ1n) is 19.5. The number of likely N-dealkylation sites (tertiary alicyclic amines) is 2. The van der Waals surface area contributed by atoms with Crippen LogP contribution in [-0.4, -0.2) is 93.1 Å². The lowest BCUT2D eigenvalue weighted by Crippen LogP contribution is -2.51. The van der Waals surface area contributed by atoms with Crippen LogP contribution >= 0.6 is 11.3 Å². The van der Waals surface area contributed by atoms with Crippen LogP contribution in [-0.2, 0) is 19.1 Å². The molecule has 0 saturated carbocycles. The minimum atomic E-state index is -0.689. The molecule has 2 fully saturated rings. The summed E-state index contributed by atoms with van der Waals surface area (Å²) in [6.45, 7) is 8.81. The molecule has 4 atom stereocenters. The van der Waals surface area contributed by atoms with E-state index in [1.165, 1.54) is 14.2 Å². The van der Waals surface area contributed by atoms with Crippen LogP contribution in [0.2, 0.25) is 0 Å². The Morgan fingerprint density at radius 3 is 1.81 bits per heavy atom. The predicted molar refractivity (Wildman–Crippen MR) is 218 cm³/mol. The topological polar surface area (TPSA) is 175 Å². The Morgan fingerprint density at radius 2 is 1.25 bits per heavy atom. The van der Waals surface area contributed by atoms with Crippen LogP contribution in [0.5, 0.6) is 0 Å². The number of H-pyrrole nitrogens is 2. The minimum Gasteiger partial charge on any atom is -0.453 e. The van der Waals surface area contributed by atoms with Gasteiger partial charge in [0.15, 0.2) is 0 Å². The average molecular weight is 795 g/mol. The molecule has 0 bridgehead atoms. The Kier molecular flexibility index (Phi) is 11.7. The van der Waals surface area contributed by atoms with Gasteiger partial charge in [-0.2, -0.15) is 0 Å². The normalized spacial score (nSPS) is 18.0. The number of rotatable bonds is 11. The van der Waals surface area contributed by atoms with Crippen molar-refractivity contribution < 1.29 is 28.7 Å². The third kappa shape index (κ3) is 8.24. The maximum Gasteiger partial charge on any atom is 0.407 e. The number of ether oxygens (including phenoxy) is 2. The Labute approximate surface area is 335 Å². The summed E-state index contributed by atoms with van der Waals surface area (Å²) in [6, 6.07) is 17.0. The Bertz CT molecular complexity index is 2240. The number of imidazole rings is 2. The highest BCUT2D eigenvalue weighted by Gasteiger charge is 2.39. The minimum absolute atomic E-state index is 0.104. The summed E-state index contributed by atoms with van der Waals surface area (Å²) in [5.41, 5.74) is 5.74. The SMILES string of the molecule is COC(=O)N[C@H](C(=O)N1CCC[C@H]1c1ncc(-c2ccc(-c3ccc(-c4ccc5nc([C@@H]6CCCN6C(=O)[C@@H](NC(=O)OC)C(C)C)[nH]c5c4)s3)cc2)[nH]1)C(C)C. The smallest absolute Gasteiger partial charge is 0.407 e. The van der Waals surface area contributed by atoms with Crippen LogP contribution in [0.1, 0.15) is 77.1 Å². The first-order valence-corrected chi connectivity index (χ1v) is 20.3. The van der Waals surface area contributed by atoms with E-state index in [-0.39, 0.29) is 35.7 Å². The summed E-state index contributed by atoms with van der Waals surface area (Å²) in [4.78, 5) is 73.5. The molecule has 2 saturated heterocycles. The fourth-order valence-electron chi connectivity index (χ4n) is 7.84. The van der Waals surface area contributed by atoms with Crippen molar-refractivity contribution in [3.8, 4) is 32.1 Å². The molecule has 300 valence electrons. The highest BCUT2D eigenvalue weighted by molar-refractivity contribution is 7.18. The fourth-order valence-corrected chi connectivity index (χ4v) is 8.85. The monoisotopic (exact) mass is 794 g/mol. The van der Waals surface area contributed by atoms with E-state index in [9.17, 15) is 19.2 Å². The molecule has 3 aromatic heterocycles. The van der Waals surface area contributed by atoms with Crippen molar-refractivity contribution in [2.24, 2.45) is 11.8 Å². The Balaban J connectivity index is 1.03. The predicted octanol–water partition coefficient (Wildman–Crippen LogP) is 7.44. The lowest BCUT2D eigenvalue weighted by molar-refractivity contribution is -0.136. The van der Waals surface area contributed by atoms with E-state index in [4.69, 9.17) is 14.5 Å². The number of aromatic amines is 2. The number of nitrogens with one attached hydrogen (secondary N) is 4. The molecule has 0 unspecified atom stereocenters. The molecular formula is C42H50N8O6S. The van der Waals surface area contributed by atoms with Crippen LogP contribution in [0.25, 0.3) is 43.2 Å². The summed E-state index contributed by atoms with van der Waals surface area (Å²) >= 11 is 1.71. The molecule has 5 aromatic rings. The van der Waals surface area contributed by atoms with Crippen LogP contribution < -0.4 is 10.6 Å². The number of hydrogen-bond donors (Lipinski definition) is 4. The largest absolute Gasteiger partial charge is 0.453 e. The van der Waals surface area contributed by atoms with E-state index >= 15 is 0 Å². The second-order valence-corrected chi connectivity index (χ2v) is 16.5. The molecule has 0 spiro atoms. The van der Waals surface area contributed by atoms with Gasteiger partial charge in [0.05, 0.1) is 49.2 Å². The number of aromatic nitrogens is 4. The van der Waals surface area contributed by atoms with Gasteiger partial charge in [0.1, 0.15) is 23.7 Å². The first kappa shape index (κ1) is 39.5. The summed E-state index contributed by atoms with van der Waals surface area (Å²) in [7, 11) is 2.58. The third-order valence-electron chi connectivity index (χ3n) is 11.0. The number of carbonyl (C=O) groups excluding carboxylic acids is 4. The van der Waals surface area contributed by atoms with Crippen LogP contribution in [0.4, 0.5) is 9.59 Å². The van der Waals surface area contributed by atoms with Gasteiger partial charge in [-0.1, -0.05) is 58.0 Å². The molecule has 2 aliphatic heterocycles. The zero-order valence-electron chi connectivity index (χ0n) is 33.1. The summed E-state index contributed by atoms with van der Waals surface area (Å²) < 4.78 is 9.53. The van der Waals surface area contributed by atoms with E-state index in [0.717, 1.165) is 80.5 Å². The van der Waals surface area contributed by atoms with Crippen molar-refractivity contribution in [1.29, 1.82) is 0 Å². The van der Waals surface area contributed by atoms with Crippen molar-refractivity contribution in [3.63, 3.8) is 0 Å². The number of alkyl carbamates (subject to hydrolysis) is 2. The number of methoxy groups -OCH3 is 2. The molecule has 2 aromatic carbocycles. The molecule has 2 aliphatic rings. The maximum atomic E-state index is 13.6. The van der Waals surface area contributed by atoms with Crippen LogP contribution in [0.15, 0.2) is 60.8 Å². The van der Waals surface area contributed by atoms with Gasteiger partial charge >= 0.3 is 12.2 Å². The molecule has 5 heterocycles. The lowest BCUT2D eigenvalue weighted by Gasteiger charge is -2.30. The fraction of sp³-hybridized carbons (Fsp3) is 0.429. The third-order valence-corrected chi connectivity index (χ3v) is 12.1. The quantitative estimate of drug-likeness (QED) is 0.107. The molecule has 15 heteroatoms. The van der Waals surface area contributed by atoms with Crippen molar-refractivity contribution in [3.05, 3.63) is 72.4 Å². The van der Waals surface area contributed by atoms with Gasteiger partial charge in [-0.15, -0.1) is 11.3 Å². The number of hydrogen-bond acceptors (Lipinski definition) is 9. The van der Waals surface area contributed by atoms with Gasteiger partial charge in [0.2, 0.25) is 11.8 Å². The highest BCUT2D eigenvalue weighted by Crippen LogP contribution is 2.38. The second-order valence-electron chi connectivity index (χ2n) is 15.4. The maximum absolute atomic E-state index is 13.6. The van der Waals surface area contributed by atoms with Gasteiger partial charge < -0.3 is 39.9 Å². The molecule has 7 rings (SSSR count). The molecule has 14 nitrogen and oxygen atoms in total. The Morgan fingerprint density at radius 1 is 0.719 bits per heavy atom. The van der Waals surface area contributed by atoms with Gasteiger partial charge in [-0.05, 0) is 78.5 Å². The van der Waals surface area contributed by atoms with Crippen LogP contribution in [0, 0.1) is 11.8 Å². The van der Waals surface area contributed by atoms with Gasteiger partial charge in [0.25, 0.3) is 0 Å². The summed E-state index contributed by atoms with van der Waals surface area (Å²) in [5.74, 6) is 0.988. The summed E-state index contributed by atoms with van der Waals surface area (Å²) in [6.07, 6.45) is 3.83. The van der Waals surface area contributed by atoms with Crippen LogP contribution in [0.3, 0.4) is 0 Å². The first-order chi connectivity index (χ1) is 27.4.